The molecule has 0 aliphatic heterocycles. The first-order chi connectivity index (χ1) is 10.2. The molecule has 0 saturated carbocycles. The van der Waals surface area contributed by atoms with Crippen LogP contribution in [0.1, 0.15) is 18.1 Å². The van der Waals surface area contributed by atoms with E-state index in [1.54, 1.807) is 0 Å². The van der Waals surface area contributed by atoms with Gasteiger partial charge in [0.2, 0.25) is 0 Å². The molecular weight excluding hydrogens is 258 g/mol. The maximum atomic E-state index is 4.89. The van der Waals surface area contributed by atoms with Crippen molar-refractivity contribution in [1.29, 1.82) is 0 Å². The second-order valence-corrected chi connectivity index (χ2v) is 5.58. The zero-order valence-corrected chi connectivity index (χ0v) is 12.5. The van der Waals surface area contributed by atoms with E-state index >= 15 is 0 Å². The number of aromatic nitrogens is 3. The third kappa shape index (κ3) is 1.67. The highest BCUT2D eigenvalue weighted by atomic mass is 15.1. The molecule has 0 amide bonds. The van der Waals surface area contributed by atoms with Gasteiger partial charge in [0.15, 0.2) is 5.65 Å². The van der Waals surface area contributed by atoms with E-state index in [0.717, 1.165) is 28.7 Å². The molecule has 2 aromatic heterocycles. The molecule has 0 spiro atoms. The standard InChI is InChI=1S/C18H17N3/c1-4-21-16-8-6-5-7-13(16)17-18(21)20-15-10-12(3)11(2)9-14(15)19-17/h5-10H,4H2,1-3H3. The van der Waals surface area contributed by atoms with Gasteiger partial charge in [-0.3, -0.25) is 0 Å². The van der Waals surface area contributed by atoms with Gasteiger partial charge < -0.3 is 4.57 Å². The lowest BCUT2D eigenvalue weighted by molar-refractivity contribution is 0.817. The molecule has 0 atom stereocenters. The third-order valence-electron chi connectivity index (χ3n) is 4.28. The maximum Gasteiger partial charge on any atom is 0.160 e. The summed E-state index contributed by atoms with van der Waals surface area (Å²) in [5.74, 6) is 0. The zero-order valence-electron chi connectivity index (χ0n) is 12.5. The largest absolute Gasteiger partial charge is 0.324 e. The van der Waals surface area contributed by atoms with E-state index in [1.807, 2.05) is 0 Å². The van der Waals surface area contributed by atoms with Crippen LogP contribution in [0.15, 0.2) is 36.4 Å². The molecule has 104 valence electrons. The minimum Gasteiger partial charge on any atom is -0.324 e. The Labute approximate surface area is 123 Å². The van der Waals surface area contributed by atoms with Crippen molar-refractivity contribution in [3.8, 4) is 0 Å². The van der Waals surface area contributed by atoms with Crippen LogP contribution in [0.4, 0.5) is 0 Å². The van der Waals surface area contributed by atoms with Crippen molar-refractivity contribution in [1.82, 2.24) is 14.5 Å². The van der Waals surface area contributed by atoms with E-state index < -0.39 is 0 Å². The number of hydrogen-bond donors (Lipinski definition) is 0. The number of para-hydroxylation sites is 1. The van der Waals surface area contributed by atoms with E-state index in [1.165, 1.54) is 22.0 Å². The average molecular weight is 275 g/mol. The average Bonchev–Trinajstić information content (AvgIpc) is 2.79. The summed E-state index contributed by atoms with van der Waals surface area (Å²) in [5, 5.41) is 1.18. The highest BCUT2D eigenvalue weighted by molar-refractivity contribution is 6.06. The zero-order chi connectivity index (χ0) is 14.6. The van der Waals surface area contributed by atoms with Crippen molar-refractivity contribution in [2.75, 3.05) is 0 Å². The molecule has 0 bridgehead atoms. The van der Waals surface area contributed by atoms with E-state index in [9.17, 15) is 0 Å². The normalized spacial score (nSPS) is 11.8. The van der Waals surface area contributed by atoms with Crippen LogP contribution in [0.25, 0.3) is 33.1 Å². The molecule has 0 aliphatic carbocycles. The van der Waals surface area contributed by atoms with Crippen molar-refractivity contribution in [2.45, 2.75) is 27.3 Å². The predicted octanol–water partition coefficient (Wildman–Crippen LogP) is 4.37. The van der Waals surface area contributed by atoms with Gasteiger partial charge >= 0.3 is 0 Å². The van der Waals surface area contributed by atoms with Crippen LogP contribution in [-0.2, 0) is 6.54 Å². The minimum absolute atomic E-state index is 0.898. The smallest absolute Gasteiger partial charge is 0.160 e. The molecule has 21 heavy (non-hydrogen) atoms. The van der Waals surface area contributed by atoms with Crippen LogP contribution in [-0.4, -0.2) is 14.5 Å². The molecule has 0 N–H and O–H groups in total. The van der Waals surface area contributed by atoms with Crippen molar-refractivity contribution < 1.29 is 0 Å². The molecule has 2 aromatic carbocycles. The van der Waals surface area contributed by atoms with Crippen LogP contribution in [0.3, 0.4) is 0 Å². The number of fused-ring (bicyclic) bond motifs is 4. The number of benzene rings is 2. The van der Waals surface area contributed by atoms with Crippen LogP contribution >= 0.6 is 0 Å². The van der Waals surface area contributed by atoms with Crippen molar-refractivity contribution in [3.05, 3.63) is 47.5 Å². The highest BCUT2D eigenvalue weighted by Gasteiger charge is 2.13. The van der Waals surface area contributed by atoms with Gasteiger partial charge in [-0.25, -0.2) is 9.97 Å². The fourth-order valence-corrected chi connectivity index (χ4v) is 3.01. The second-order valence-electron chi connectivity index (χ2n) is 5.58. The quantitative estimate of drug-likeness (QED) is 0.516. The van der Waals surface area contributed by atoms with Gasteiger partial charge in [0.25, 0.3) is 0 Å². The fourth-order valence-electron chi connectivity index (χ4n) is 3.01. The van der Waals surface area contributed by atoms with E-state index in [-0.39, 0.29) is 0 Å². The predicted molar refractivity (Wildman–Crippen MR) is 87.7 cm³/mol. The Bertz CT molecular complexity index is 996. The van der Waals surface area contributed by atoms with E-state index in [0.29, 0.717) is 0 Å². The molecule has 0 unspecified atom stereocenters. The first kappa shape index (κ1) is 12.3. The third-order valence-corrected chi connectivity index (χ3v) is 4.28. The summed E-state index contributed by atoms with van der Waals surface area (Å²) in [6.45, 7) is 7.29. The van der Waals surface area contributed by atoms with Gasteiger partial charge in [0.05, 0.1) is 16.6 Å². The van der Waals surface area contributed by atoms with Gasteiger partial charge in [-0.05, 0) is 50.1 Å². The SMILES string of the molecule is CCn1c2ccccc2c2nc3cc(C)c(C)cc3nc21. The molecule has 0 saturated heterocycles. The Morgan fingerprint density at radius 3 is 2.33 bits per heavy atom. The molecule has 2 heterocycles. The van der Waals surface area contributed by atoms with Gasteiger partial charge in [0.1, 0.15) is 5.52 Å². The first-order valence-corrected chi connectivity index (χ1v) is 7.35. The van der Waals surface area contributed by atoms with Crippen LogP contribution in [0.2, 0.25) is 0 Å². The molecule has 4 rings (SSSR count). The van der Waals surface area contributed by atoms with Crippen molar-refractivity contribution >= 4 is 33.1 Å². The van der Waals surface area contributed by atoms with Crippen LogP contribution < -0.4 is 0 Å². The molecular formula is C18H17N3. The molecule has 0 aliphatic rings. The number of rotatable bonds is 1. The lowest BCUT2D eigenvalue weighted by atomic mass is 10.1. The summed E-state index contributed by atoms with van der Waals surface area (Å²) in [4.78, 5) is 9.78. The van der Waals surface area contributed by atoms with Crippen LogP contribution in [0.5, 0.6) is 0 Å². The van der Waals surface area contributed by atoms with E-state index in [4.69, 9.17) is 9.97 Å². The highest BCUT2D eigenvalue weighted by Crippen LogP contribution is 2.28. The summed E-state index contributed by atoms with van der Waals surface area (Å²) in [7, 11) is 0. The fraction of sp³-hybridized carbons (Fsp3) is 0.222. The van der Waals surface area contributed by atoms with Crippen LogP contribution in [0, 0.1) is 13.8 Å². The number of hydrogen-bond acceptors (Lipinski definition) is 2. The van der Waals surface area contributed by atoms with E-state index in [2.05, 4.69) is 61.7 Å². The number of aryl methyl sites for hydroxylation is 3. The summed E-state index contributed by atoms with van der Waals surface area (Å²) in [5.41, 5.74) is 7.66. The topological polar surface area (TPSA) is 30.7 Å². The molecule has 0 fully saturated rings. The van der Waals surface area contributed by atoms with Gasteiger partial charge in [-0.15, -0.1) is 0 Å². The van der Waals surface area contributed by atoms with Crippen molar-refractivity contribution in [2.24, 2.45) is 0 Å². The van der Waals surface area contributed by atoms with Gasteiger partial charge in [0, 0.05) is 11.9 Å². The van der Waals surface area contributed by atoms with Gasteiger partial charge in [-0.2, -0.15) is 0 Å². The Morgan fingerprint density at radius 2 is 1.62 bits per heavy atom. The Balaban J connectivity index is 2.24. The summed E-state index contributed by atoms with van der Waals surface area (Å²) >= 11 is 0. The molecule has 3 nitrogen and oxygen atoms in total. The summed E-state index contributed by atoms with van der Waals surface area (Å²) in [6, 6.07) is 12.7. The minimum atomic E-state index is 0.898. The monoisotopic (exact) mass is 275 g/mol. The van der Waals surface area contributed by atoms with Gasteiger partial charge in [-0.1, -0.05) is 18.2 Å². The number of nitrogens with zero attached hydrogens (tertiary/aromatic N) is 3. The Morgan fingerprint density at radius 1 is 0.952 bits per heavy atom. The lowest BCUT2D eigenvalue weighted by Crippen LogP contribution is -1.96. The Kier molecular flexibility index (Phi) is 2.52. The summed E-state index contributed by atoms with van der Waals surface area (Å²) in [6.07, 6.45) is 0. The molecule has 3 heteroatoms. The lowest BCUT2D eigenvalue weighted by Gasteiger charge is -2.05. The van der Waals surface area contributed by atoms with Crippen molar-refractivity contribution in [3.63, 3.8) is 0 Å². The molecule has 0 radical (unpaired) electrons. The first-order valence-electron chi connectivity index (χ1n) is 7.35. The second kappa shape index (κ2) is 4.29. The Hall–Kier alpha value is -2.42. The maximum absolute atomic E-state index is 4.89. The summed E-state index contributed by atoms with van der Waals surface area (Å²) < 4.78 is 2.24. The molecule has 4 aromatic rings.